The molecule has 2 saturated heterocycles. The van der Waals surface area contributed by atoms with Gasteiger partial charge in [0.1, 0.15) is 0 Å². The standard InChI is InChI=1S/C17H28BN3O3/c1-16(2)17(3,4)24-18(23-16)14-12-19-21(13-14)11-7-10-20-9-6-5-8-15(20)22/h12-13H,5-11H2,1-4H3. The van der Waals surface area contributed by atoms with Crippen LogP contribution < -0.4 is 5.46 Å². The summed E-state index contributed by atoms with van der Waals surface area (Å²) in [6, 6.07) is 0. The van der Waals surface area contributed by atoms with Gasteiger partial charge in [0.05, 0.1) is 11.2 Å². The van der Waals surface area contributed by atoms with Crippen LogP contribution in [0.3, 0.4) is 0 Å². The minimum atomic E-state index is -0.368. The summed E-state index contributed by atoms with van der Waals surface area (Å²) in [5.41, 5.74) is 0.269. The molecule has 0 aromatic carbocycles. The fraction of sp³-hybridized carbons (Fsp3) is 0.765. The number of nitrogens with zero attached hydrogens (tertiary/aromatic N) is 3. The molecule has 3 heterocycles. The highest BCUT2D eigenvalue weighted by Crippen LogP contribution is 2.36. The first-order valence-electron chi connectivity index (χ1n) is 8.94. The van der Waals surface area contributed by atoms with Crippen molar-refractivity contribution in [1.29, 1.82) is 0 Å². The van der Waals surface area contributed by atoms with Crippen LogP contribution in [0, 0.1) is 0 Å². The third-order valence-electron chi connectivity index (χ3n) is 5.42. The van der Waals surface area contributed by atoms with E-state index in [1.54, 1.807) is 0 Å². The van der Waals surface area contributed by atoms with Crippen molar-refractivity contribution in [2.75, 3.05) is 13.1 Å². The molecule has 1 amide bonds. The maximum atomic E-state index is 11.8. The second kappa shape index (κ2) is 6.52. The Bertz CT molecular complexity index is 584. The van der Waals surface area contributed by atoms with Crippen molar-refractivity contribution in [2.24, 2.45) is 0 Å². The topological polar surface area (TPSA) is 56.6 Å². The van der Waals surface area contributed by atoms with Gasteiger partial charge in [-0.15, -0.1) is 0 Å². The lowest BCUT2D eigenvalue weighted by molar-refractivity contribution is -0.133. The minimum Gasteiger partial charge on any atom is -0.399 e. The summed E-state index contributed by atoms with van der Waals surface area (Å²) in [6.07, 6.45) is 7.57. The van der Waals surface area contributed by atoms with Crippen molar-refractivity contribution in [1.82, 2.24) is 14.7 Å². The van der Waals surface area contributed by atoms with Crippen molar-refractivity contribution >= 4 is 18.5 Å². The molecule has 2 aliphatic rings. The molecule has 0 bridgehead atoms. The van der Waals surface area contributed by atoms with Gasteiger partial charge >= 0.3 is 7.12 Å². The second-order valence-electron chi connectivity index (χ2n) is 7.82. The van der Waals surface area contributed by atoms with E-state index < -0.39 is 0 Å². The van der Waals surface area contributed by atoms with E-state index in [-0.39, 0.29) is 18.3 Å². The van der Waals surface area contributed by atoms with E-state index in [0.29, 0.717) is 12.3 Å². The monoisotopic (exact) mass is 333 g/mol. The summed E-state index contributed by atoms with van der Waals surface area (Å²) in [5.74, 6) is 0.291. The van der Waals surface area contributed by atoms with Crippen LogP contribution in [-0.2, 0) is 20.6 Å². The number of aromatic nitrogens is 2. The molecule has 1 aromatic rings. The molecule has 0 saturated carbocycles. The second-order valence-corrected chi connectivity index (χ2v) is 7.82. The number of carbonyl (C=O) groups is 1. The van der Waals surface area contributed by atoms with Gasteiger partial charge in [-0.2, -0.15) is 5.10 Å². The third kappa shape index (κ3) is 3.52. The number of hydrogen-bond acceptors (Lipinski definition) is 4. The van der Waals surface area contributed by atoms with Crippen molar-refractivity contribution in [2.45, 2.75) is 71.1 Å². The van der Waals surface area contributed by atoms with Gasteiger partial charge in [-0.05, 0) is 47.0 Å². The highest BCUT2D eigenvalue weighted by Gasteiger charge is 2.52. The maximum Gasteiger partial charge on any atom is 0.498 e. The average molecular weight is 333 g/mol. The molecule has 1 aromatic heterocycles. The van der Waals surface area contributed by atoms with Crippen LogP contribution >= 0.6 is 0 Å². The number of likely N-dealkylation sites (tertiary alicyclic amines) is 1. The summed E-state index contributed by atoms with van der Waals surface area (Å²) in [7, 11) is -0.368. The molecule has 132 valence electrons. The minimum absolute atomic E-state index is 0.291. The summed E-state index contributed by atoms with van der Waals surface area (Å²) in [6.45, 7) is 10.7. The van der Waals surface area contributed by atoms with Crippen molar-refractivity contribution in [3.8, 4) is 0 Å². The van der Waals surface area contributed by atoms with Gasteiger partial charge in [0, 0.05) is 43.9 Å². The molecule has 0 radical (unpaired) electrons. The Hall–Kier alpha value is -1.34. The molecule has 2 fully saturated rings. The van der Waals surface area contributed by atoms with Gasteiger partial charge in [0.2, 0.25) is 5.91 Å². The highest BCUT2D eigenvalue weighted by atomic mass is 16.7. The van der Waals surface area contributed by atoms with Gasteiger partial charge in [-0.25, -0.2) is 0 Å². The van der Waals surface area contributed by atoms with Crippen molar-refractivity contribution in [3.63, 3.8) is 0 Å². The lowest BCUT2D eigenvalue weighted by Crippen LogP contribution is -2.41. The Kier molecular flexibility index (Phi) is 4.75. The van der Waals surface area contributed by atoms with E-state index in [1.165, 1.54) is 0 Å². The van der Waals surface area contributed by atoms with Crippen LogP contribution in [0.2, 0.25) is 0 Å². The Morgan fingerprint density at radius 2 is 1.88 bits per heavy atom. The summed E-state index contributed by atoms with van der Waals surface area (Å²) in [4.78, 5) is 13.8. The lowest BCUT2D eigenvalue weighted by Gasteiger charge is -2.32. The van der Waals surface area contributed by atoms with Crippen molar-refractivity contribution < 1.29 is 14.1 Å². The average Bonchev–Trinajstić information content (AvgIpc) is 3.04. The summed E-state index contributed by atoms with van der Waals surface area (Å²) in [5, 5.41) is 4.41. The highest BCUT2D eigenvalue weighted by molar-refractivity contribution is 6.61. The number of aryl methyl sites for hydroxylation is 1. The van der Waals surface area contributed by atoms with E-state index in [0.717, 1.165) is 44.4 Å². The van der Waals surface area contributed by atoms with Crippen LogP contribution in [0.1, 0.15) is 53.4 Å². The fourth-order valence-corrected chi connectivity index (χ4v) is 3.12. The smallest absolute Gasteiger partial charge is 0.399 e. The normalized spacial score (nSPS) is 23.1. The lowest BCUT2D eigenvalue weighted by atomic mass is 9.82. The van der Waals surface area contributed by atoms with Crippen LogP contribution in [0.25, 0.3) is 0 Å². The van der Waals surface area contributed by atoms with E-state index in [4.69, 9.17) is 9.31 Å². The van der Waals surface area contributed by atoms with Crippen LogP contribution in [-0.4, -0.2) is 52.0 Å². The molecule has 0 N–H and O–H groups in total. The molecule has 0 aliphatic carbocycles. The zero-order chi connectivity index (χ0) is 17.4. The van der Waals surface area contributed by atoms with Crippen molar-refractivity contribution in [3.05, 3.63) is 12.4 Å². The van der Waals surface area contributed by atoms with Crippen LogP contribution in [0.15, 0.2) is 12.4 Å². The fourth-order valence-electron chi connectivity index (χ4n) is 3.12. The van der Waals surface area contributed by atoms with Gasteiger partial charge in [-0.3, -0.25) is 9.48 Å². The molecule has 7 heteroatoms. The molecule has 24 heavy (non-hydrogen) atoms. The SMILES string of the molecule is CC1(C)OB(c2cnn(CCCN3CCCCC3=O)c2)OC1(C)C. The zero-order valence-electron chi connectivity index (χ0n) is 15.2. The van der Waals surface area contributed by atoms with Crippen LogP contribution in [0.5, 0.6) is 0 Å². The van der Waals surface area contributed by atoms with Crippen LogP contribution in [0.4, 0.5) is 0 Å². The quantitative estimate of drug-likeness (QED) is 0.768. The molecule has 0 spiro atoms. The number of rotatable bonds is 5. The molecule has 6 nitrogen and oxygen atoms in total. The molecule has 0 atom stereocenters. The number of amides is 1. The molecular formula is C17H28BN3O3. The first-order chi connectivity index (χ1) is 11.3. The maximum absolute atomic E-state index is 11.8. The summed E-state index contributed by atoms with van der Waals surface area (Å²) >= 11 is 0. The number of piperidine rings is 1. The predicted molar refractivity (Wildman–Crippen MR) is 93.0 cm³/mol. The van der Waals surface area contributed by atoms with E-state index in [2.05, 4.69) is 5.10 Å². The van der Waals surface area contributed by atoms with Gasteiger partial charge in [0.25, 0.3) is 0 Å². The van der Waals surface area contributed by atoms with E-state index in [1.807, 2.05) is 49.7 Å². The van der Waals surface area contributed by atoms with E-state index >= 15 is 0 Å². The molecular weight excluding hydrogens is 305 g/mol. The van der Waals surface area contributed by atoms with Gasteiger partial charge in [0.15, 0.2) is 0 Å². The van der Waals surface area contributed by atoms with Gasteiger partial charge in [-0.1, -0.05) is 0 Å². The predicted octanol–water partition coefficient (Wildman–Crippen LogP) is 1.58. The largest absolute Gasteiger partial charge is 0.498 e. The molecule has 2 aliphatic heterocycles. The third-order valence-corrected chi connectivity index (χ3v) is 5.42. The van der Waals surface area contributed by atoms with E-state index in [9.17, 15) is 4.79 Å². The first kappa shape index (κ1) is 17.5. The number of carbonyl (C=O) groups excluding carboxylic acids is 1. The number of hydrogen-bond donors (Lipinski definition) is 0. The zero-order valence-corrected chi connectivity index (χ0v) is 15.2. The Labute approximate surface area is 144 Å². The Morgan fingerprint density at radius 1 is 1.17 bits per heavy atom. The molecule has 0 unspecified atom stereocenters. The van der Waals surface area contributed by atoms with Gasteiger partial charge < -0.3 is 14.2 Å². The Morgan fingerprint density at radius 3 is 2.54 bits per heavy atom. The molecule has 3 rings (SSSR count). The summed E-state index contributed by atoms with van der Waals surface area (Å²) < 4.78 is 14.0. The first-order valence-corrected chi connectivity index (χ1v) is 8.94. The Balaban J connectivity index is 1.52.